The fourth-order valence-corrected chi connectivity index (χ4v) is 3.01. The number of carbonyl (C=O) groups is 1. The zero-order valence-electron chi connectivity index (χ0n) is 17.4. The molecule has 0 aliphatic carbocycles. The summed E-state index contributed by atoms with van der Waals surface area (Å²) in [5.74, 6) is 1.73. The number of carbonyl (C=O) groups excluding carboxylic acids is 1. The van der Waals surface area contributed by atoms with Gasteiger partial charge < -0.3 is 20.3 Å². The van der Waals surface area contributed by atoms with Crippen molar-refractivity contribution < 1.29 is 19.8 Å². The summed E-state index contributed by atoms with van der Waals surface area (Å²) in [4.78, 5) is 15.8. The third kappa shape index (κ3) is 5.78. The second-order valence-corrected chi connectivity index (χ2v) is 6.94. The highest BCUT2D eigenvalue weighted by molar-refractivity contribution is 5.89. The maximum absolute atomic E-state index is 11.2. The Bertz CT molecular complexity index is 992. The minimum absolute atomic E-state index is 0.0934. The molecule has 0 unspecified atom stereocenters. The lowest BCUT2D eigenvalue weighted by atomic mass is 10.0. The maximum Gasteiger partial charge on any atom is 0.254 e. The number of methoxy groups -OCH3 is 1. The molecule has 1 heterocycles. The molecule has 0 aliphatic heterocycles. The molecule has 3 rings (SSSR count). The molecule has 0 aliphatic rings. The normalized spacial score (nSPS) is 11.4. The van der Waals surface area contributed by atoms with Gasteiger partial charge in [0, 0.05) is 23.7 Å². The Labute approximate surface area is 175 Å². The number of hydrogen-bond acceptors (Lipinski definition) is 5. The number of rotatable bonds is 9. The van der Waals surface area contributed by atoms with Crippen molar-refractivity contribution in [3.63, 3.8) is 0 Å². The number of allylic oxidation sites excluding steroid dienone is 1. The fourth-order valence-electron chi connectivity index (χ4n) is 3.01. The maximum atomic E-state index is 11.2. The summed E-state index contributed by atoms with van der Waals surface area (Å²) in [5.41, 5.74) is 7.51. The molecule has 0 saturated heterocycles. The van der Waals surface area contributed by atoms with Crippen LogP contribution in [0.3, 0.4) is 0 Å². The van der Waals surface area contributed by atoms with E-state index >= 15 is 0 Å². The second kappa shape index (κ2) is 10.4. The van der Waals surface area contributed by atoms with E-state index in [0.29, 0.717) is 11.7 Å². The minimum Gasteiger partial charge on any atom is -0.497 e. The van der Waals surface area contributed by atoms with Crippen molar-refractivity contribution in [2.24, 2.45) is 0 Å². The SMILES string of the molecule is COc1ccc(-c2noc(/C(=C/c3ccc(NC(C)=O)cc3)CCCC[NH3+])n2)cc1. The Kier molecular flexibility index (Phi) is 7.34. The van der Waals surface area contributed by atoms with Crippen LogP contribution in [0.25, 0.3) is 23.0 Å². The van der Waals surface area contributed by atoms with E-state index in [4.69, 9.17) is 9.26 Å². The summed E-state index contributed by atoms with van der Waals surface area (Å²) < 4.78 is 10.8. The Morgan fingerprint density at radius 3 is 2.50 bits per heavy atom. The summed E-state index contributed by atoms with van der Waals surface area (Å²) in [6, 6.07) is 15.2. The first-order valence-corrected chi connectivity index (χ1v) is 9.95. The lowest BCUT2D eigenvalue weighted by Gasteiger charge is -2.05. The number of anilines is 1. The first kappa shape index (κ1) is 21.3. The minimum atomic E-state index is -0.0934. The molecule has 1 amide bonds. The van der Waals surface area contributed by atoms with Gasteiger partial charge in [-0.1, -0.05) is 17.3 Å². The van der Waals surface area contributed by atoms with Gasteiger partial charge in [0.25, 0.3) is 5.89 Å². The van der Waals surface area contributed by atoms with Gasteiger partial charge in [0.1, 0.15) is 5.75 Å². The van der Waals surface area contributed by atoms with Crippen LogP contribution in [-0.4, -0.2) is 29.7 Å². The molecular weight excluding hydrogens is 380 g/mol. The standard InChI is InChI=1S/C23H26N4O3/c1-16(28)25-20-10-6-17(7-11-20)15-19(5-3-4-14-24)23-26-22(27-30-23)18-8-12-21(29-2)13-9-18/h6-13,15H,3-5,14,24H2,1-2H3,(H,25,28)/p+1/b19-15+. The Hall–Kier alpha value is -3.45. The van der Waals surface area contributed by atoms with Gasteiger partial charge >= 0.3 is 0 Å². The van der Waals surface area contributed by atoms with Crippen LogP contribution in [0.15, 0.2) is 53.1 Å². The van der Waals surface area contributed by atoms with E-state index in [2.05, 4.69) is 21.2 Å². The topological polar surface area (TPSA) is 105 Å². The Morgan fingerprint density at radius 2 is 1.87 bits per heavy atom. The fraction of sp³-hybridized carbons (Fsp3) is 0.261. The van der Waals surface area contributed by atoms with Crippen molar-refractivity contribution in [2.75, 3.05) is 19.0 Å². The van der Waals surface area contributed by atoms with Crippen LogP contribution >= 0.6 is 0 Å². The van der Waals surface area contributed by atoms with Gasteiger partial charge in [0.05, 0.1) is 13.7 Å². The zero-order valence-corrected chi connectivity index (χ0v) is 17.4. The van der Waals surface area contributed by atoms with Crippen molar-refractivity contribution in [3.8, 4) is 17.1 Å². The van der Waals surface area contributed by atoms with Gasteiger partial charge in [0.2, 0.25) is 11.7 Å². The molecule has 156 valence electrons. The molecule has 7 nitrogen and oxygen atoms in total. The number of amides is 1. The van der Waals surface area contributed by atoms with Crippen molar-refractivity contribution >= 4 is 23.2 Å². The van der Waals surface area contributed by atoms with E-state index in [9.17, 15) is 4.79 Å². The van der Waals surface area contributed by atoms with Crippen LogP contribution in [-0.2, 0) is 4.79 Å². The number of nitrogens with one attached hydrogen (secondary N) is 1. The van der Waals surface area contributed by atoms with Crippen LogP contribution < -0.4 is 15.8 Å². The summed E-state index contributed by atoms with van der Waals surface area (Å²) in [6.45, 7) is 2.38. The summed E-state index contributed by atoms with van der Waals surface area (Å²) in [6.07, 6.45) is 4.87. The quantitative estimate of drug-likeness (QED) is 0.527. The van der Waals surface area contributed by atoms with Gasteiger partial charge in [-0.05, 0) is 67.3 Å². The molecule has 1 aromatic heterocycles. The van der Waals surface area contributed by atoms with Crippen molar-refractivity contribution in [1.29, 1.82) is 0 Å². The van der Waals surface area contributed by atoms with E-state index in [1.54, 1.807) is 7.11 Å². The molecule has 0 atom stereocenters. The predicted octanol–water partition coefficient (Wildman–Crippen LogP) is 3.66. The Morgan fingerprint density at radius 1 is 1.13 bits per heavy atom. The molecule has 0 fully saturated rings. The summed E-state index contributed by atoms with van der Waals surface area (Å²) in [7, 11) is 1.63. The number of aromatic nitrogens is 2. The summed E-state index contributed by atoms with van der Waals surface area (Å²) in [5, 5.41) is 6.92. The van der Waals surface area contributed by atoms with Crippen LogP contribution in [0, 0.1) is 0 Å². The number of quaternary nitrogens is 1. The monoisotopic (exact) mass is 407 g/mol. The van der Waals surface area contributed by atoms with E-state index in [-0.39, 0.29) is 5.91 Å². The van der Waals surface area contributed by atoms with Crippen LogP contribution in [0.2, 0.25) is 0 Å². The molecule has 30 heavy (non-hydrogen) atoms. The smallest absolute Gasteiger partial charge is 0.254 e. The van der Waals surface area contributed by atoms with Gasteiger partial charge in [-0.3, -0.25) is 4.79 Å². The first-order valence-electron chi connectivity index (χ1n) is 9.95. The Balaban J connectivity index is 1.85. The second-order valence-electron chi connectivity index (χ2n) is 6.94. The lowest BCUT2D eigenvalue weighted by Crippen LogP contribution is -2.50. The molecule has 4 N–H and O–H groups in total. The van der Waals surface area contributed by atoms with Gasteiger partial charge in [-0.15, -0.1) is 0 Å². The predicted molar refractivity (Wildman–Crippen MR) is 117 cm³/mol. The number of hydrogen-bond donors (Lipinski definition) is 2. The summed E-state index contributed by atoms with van der Waals surface area (Å²) >= 11 is 0. The third-order valence-corrected chi connectivity index (χ3v) is 4.57. The van der Waals surface area contributed by atoms with Crippen LogP contribution in [0.4, 0.5) is 5.69 Å². The molecule has 0 radical (unpaired) electrons. The number of nitrogens with zero attached hydrogens (tertiary/aromatic N) is 2. The van der Waals surface area contributed by atoms with Gasteiger partial charge in [-0.2, -0.15) is 4.98 Å². The molecule has 2 aromatic carbocycles. The van der Waals surface area contributed by atoms with Crippen molar-refractivity contribution in [1.82, 2.24) is 10.1 Å². The van der Waals surface area contributed by atoms with Crippen LogP contribution in [0.5, 0.6) is 5.75 Å². The molecule has 3 aromatic rings. The zero-order chi connectivity index (χ0) is 21.3. The number of benzene rings is 2. The van der Waals surface area contributed by atoms with E-state index < -0.39 is 0 Å². The highest BCUT2D eigenvalue weighted by Gasteiger charge is 2.13. The molecule has 0 saturated carbocycles. The molecule has 0 bridgehead atoms. The largest absolute Gasteiger partial charge is 0.497 e. The van der Waals surface area contributed by atoms with Gasteiger partial charge in [-0.25, -0.2) is 0 Å². The number of ether oxygens (including phenoxy) is 1. The molecule has 7 heteroatoms. The highest BCUT2D eigenvalue weighted by Crippen LogP contribution is 2.26. The van der Waals surface area contributed by atoms with E-state index in [1.807, 2.05) is 54.6 Å². The first-order chi connectivity index (χ1) is 14.6. The van der Waals surface area contributed by atoms with Crippen molar-refractivity contribution in [2.45, 2.75) is 26.2 Å². The van der Waals surface area contributed by atoms with Gasteiger partial charge in [0.15, 0.2) is 0 Å². The van der Waals surface area contributed by atoms with E-state index in [0.717, 1.165) is 53.9 Å². The van der Waals surface area contributed by atoms with Crippen molar-refractivity contribution in [3.05, 3.63) is 60.0 Å². The van der Waals surface area contributed by atoms with E-state index in [1.165, 1.54) is 6.92 Å². The average Bonchev–Trinajstić information content (AvgIpc) is 3.24. The third-order valence-electron chi connectivity index (χ3n) is 4.57. The number of unbranched alkanes of at least 4 members (excludes halogenated alkanes) is 1. The highest BCUT2D eigenvalue weighted by atomic mass is 16.5. The lowest BCUT2D eigenvalue weighted by molar-refractivity contribution is -0.368. The molecular formula is C23H27N4O3+. The average molecular weight is 407 g/mol. The van der Waals surface area contributed by atoms with Crippen LogP contribution in [0.1, 0.15) is 37.6 Å². The molecule has 0 spiro atoms.